The van der Waals surface area contributed by atoms with E-state index in [-0.39, 0.29) is 0 Å². The van der Waals surface area contributed by atoms with Crippen LogP contribution in [-0.4, -0.2) is 44.2 Å². The number of hydrogen-bond donors (Lipinski definition) is 1. The van der Waals surface area contributed by atoms with Gasteiger partial charge in [0.05, 0.1) is 0 Å². The van der Waals surface area contributed by atoms with Crippen molar-refractivity contribution in [2.45, 2.75) is 44.8 Å². The van der Waals surface area contributed by atoms with E-state index in [1.54, 1.807) is 20.8 Å². The van der Waals surface area contributed by atoms with Gasteiger partial charge >= 0.3 is 6.09 Å². The van der Waals surface area contributed by atoms with Crippen molar-refractivity contribution in [3.8, 4) is 0 Å². The number of benzene rings is 1. The fraction of sp³-hybridized carbons (Fsp3) is 0.556. The van der Waals surface area contributed by atoms with Gasteiger partial charge in [-0.3, -0.25) is 0 Å². The second-order valence-electron chi connectivity index (χ2n) is 7.95. The van der Waals surface area contributed by atoms with E-state index in [1.165, 1.54) is 11.0 Å². The minimum atomic E-state index is -1.55. The van der Waals surface area contributed by atoms with Crippen LogP contribution in [0.25, 0.3) is 0 Å². The SMILES string of the molecule is CC(C)(C)[S+]([O-])N=C1c2cc(F)c(F)cc2CC12CCN(C(=O)O)CC2. The molecule has 1 fully saturated rings. The highest BCUT2D eigenvalue weighted by Gasteiger charge is 2.48. The molecule has 5 nitrogen and oxygen atoms in total. The van der Waals surface area contributed by atoms with Crippen LogP contribution in [0.1, 0.15) is 44.7 Å². The average Bonchev–Trinajstić information content (AvgIpc) is 2.80. The summed E-state index contributed by atoms with van der Waals surface area (Å²) in [5.74, 6) is -1.88. The van der Waals surface area contributed by atoms with Crippen LogP contribution in [0.5, 0.6) is 0 Å². The monoisotopic (exact) mass is 384 g/mol. The van der Waals surface area contributed by atoms with Crippen LogP contribution in [0.3, 0.4) is 0 Å². The summed E-state index contributed by atoms with van der Waals surface area (Å²) >= 11 is -1.55. The van der Waals surface area contributed by atoms with Gasteiger partial charge < -0.3 is 14.6 Å². The highest BCUT2D eigenvalue weighted by atomic mass is 32.2. The molecule has 1 aliphatic carbocycles. The predicted octanol–water partition coefficient (Wildman–Crippen LogP) is 3.53. The van der Waals surface area contributed by atoms with Crippen LogP contribution < -0.4 is 0 Å². The third-order valence-corrected chi connectivity index (χ3v) is 6.52. The van der Waals surface area contributed by atoms with Gasteiger partial charge in [-0.05, 0) is 57.7 Å². The van der Waals surface area contributed by atoms with Crippen LogP contribution in [0.4, 0.5) is 13.6 Å². The van der Waals surface area contributed by atoms with Gasteiger partial charge in [0.1, 0.15) is 21.8 Å². The molecule has 26 heavy (non-hydrogen) atoms. The second kappa shape index (κ2) is 6.49. The fourth-order valence-corrected chi connectivity index (χ4v) is 4.33. The highest BCUT2D eigenvalue weighted by molar-refractivity contribution is 7.91. The summed E-state index contributed by atoms with van der Waals surface area (Å²) in [6, 6.07) is 2.31. The lowest BCUT2D eigenvalue weighted by atomic mass is 9.74. The number of carboxylic acid groups (broad SMARTS) is 1. The van der Waals surface area contributed by atoms with Crippen LogP contribution in [0, 0.1) is 17.0 Å². The van der Waals surface area contributed by atoms with Gasteiger partial charge in [-0.25, -0.2) is 13.6 Å². The van der Waals surface area contributed by atoms with E-state index in [9.17, 15) is 23.2 Å². The molecule has 8 heteroatoms. The maximum Gasteiger partial charge on any atom is 0.407 e. The molecule has 1 spiro atoms. The molecule has 1 heterocycles. The molecule has 0 aromatic heterocycles. The zero-order valence-electron chi connectivity index (χ0n) is 15.0. The normalized spacial score (nSPS) is 21.9. The summed E-state index contributed by atoms with van der Waals surface area (Å²) in [7, 11) is 0. The number of amides is 1. The minimum Gasteiger partial charge on any atom is -0.591 e. The van der Waals surface area contributed by atoms with Gasteiger partial charge in [0.25, 0.3) is 0 Å². The zero-order valence-corrected chi connectivity index (χ0v) is 15.8. The Morgan fingerprint density at radius 2 is 1.85 bits per heavy atom. The number of piperidine rings is 1. The first-order valence-corrected chi connectivity index (χ1v) is 9.61. The average molecular weight is 384 g/mol. The first kappa shape index (κ1) is 19.1. The summed E-state index contributed by atoms with van der Waals surface area (Å²) in [6.07, 6.45) is 0.436. The van der Waals surface area contributed by atoms with E-state index in [2.05, 4.69) is 4.40 Å². The molecular weight excluding hydrogens is 362 g/mol. The smallest absolute Gasteiger partial charge is 0.407 e. The van der Waals surface area contributed by atoms with E-state index in [0.717, 1.165) is 6.07 Å². The number of carbonyl (C=O) groups is 1. The Morgan fingerprint density at radius 3 is 2.38 bits per heavy atom. The molecule has 0 radical (unpaired) electrons. The molecule has 1 saturated heterocycles. The van der Waals surface area contributed by atoms with Crippen LogP contribution in [0.2, 0.25) is 0 Å². The summed E-state index contributed by atoms with van der Waals surface area (Å²) in [5, 5.41) is 9.18. The summed E-state index contributed by atoms with van der Waals surface area (Å²) in [4.78, 5) is 12.5. The Balaban J connectivity index is 2.05. The van der Waals surface area contributed by atoms with Crippen molar-refractivity contribution in [2.75, 3.05) is 13.1 Å². The molecule has 1 unspecified atom stereocenters. The molecule has 0 saturated carbocycles. The van der Waals surface area contributed by atoms with E-state index < -0.39 is 39.3 Å². The molecule has 2 aliphatic rings. The molecule has 1 N–H and O–H groups in total. The Bertz CT molecular complexity index is 768. The Hall–Kier alpha value is -1.67. The third kappa shape index (κ3) is 3.32. The predicted molar refractivity (Wildman–Crippen MR) is 95.8 cm³/mol. The Kier molecular flexibility index (Phi) is 4.77. The quantitative estimate of drug-likeness (QED) is 0.753. The van der Waals surface area contributed by atoms with Gasteiger partial charge in [0.2, 0.25) is 0 Å². The maximum atomic E-state index is 13.9. The minimum absolute atomic E-state index is 0.315. The van der Waals surface area contributed by atoms with E-state index in [0.29, 0.717) is 49.2 Å². The fourth-order valence-electron chi connectivity index (χ4n) is 3.59. The van der Waals surface area contributed by atoms with Crippen molar-refractivity contribution in [3.05, 3.63) is 34.9 Å². The van der Waals surface area contributed by atoms with Gasteiger partial charge in [-0.2, -0.15) is 0 Å². The molecule has 1 aromatic rings. The zero-order chi connectivity index (χ0) is 19.3. The third-order valence-electron chi connectivity index (χ3n) is 5.12. The highest BCUT2D eigenvalue weighted by Crippen LogP contribution is 2.46. The summed E-state index contributed by atoms with van der Waals surface area (Å²) in [6.45, 7) is 6.03. The van der Waals surface area contributed by atoms with Crippen molar-refractivity contribution in [2.24, 2.45) is 9.81 Å². The largest absolute Gasteiger partial charge is 0.591 e. The molecule has 1 aromatic carbocycles. The standard InChI is InChI=1S/C18H22F2N2O3S/c1-17(2,3)26(25)21-15-12-9-14(20)13(19)8-11(12)10-18(15)4-6-22(7-5-18)16(23)24/h8-9H,4-7,10H2,1-3H3,(H,23,24). The lowest BCUT2D eigenvalue weighted by Crippen LogP contribution is -2.45. The van der Waals surface area contributed by atoms with Crippen molar-refractivity contribution in [1.29, 1.82) is 0 Å². The number of hydrogen-bond acceptors (Lipinski definition) is 3. The number of fused-ring (bicyclic) bond motifs is 1. The topological polar surface area (TPSA) is 76.0 Å². The van der Waals surface area contributed by atoms with Crippen LogP contribution in [-0.2, 0) is 17.8 Å². The number of rotatable bonds is 1. The van der Waals surface area contributed by atoms with Crippen molar-refractivity contribution < 1.29 is 23.2 Å². The first-order chi connectivity index (χ1) is 12.0. The molecule has 142 valence electrons. The molecule has 1 aliphatic heterocycles. The van der Waals surface area contributed by atoms with Crippen molar-refractivity contribution in [3.63, 3.8) is 0 Å². The molecule has 1 amide bonds. The lowest BCUT2D eigenvalue weighted by molar-refractivity contribution is 0.115. The molecule has 0 bridgehead atoms. The van der Waals surface area contributed by atoms with Crippen LogP contribution in [0.15, 0.2) is 16.5 Å². The summed E-state index contributed by atoms with van der Waals surface area (Å²) < 4.78 is 44.1. The molecule has 3 rings (SSSR count). The van der Waals surface area contributed by atoms with Gasteiger partial charge in [0, 0.05) is 24.1 Å². The number of nitrogens with zero attached hydrogens (tertiary/aromatic N) is 2. The van der Waals surface area contributed by atoms with Crippen molar-refractivity contribution >= 4 is 23.2 Å². The number of likely N-dealkylation sites (tertiary alicyclic amines) is 1. The molecule has 1 atom stereocenters. The molecular formula is C18H22F2N2O3S. The lowest BCUT2D eigenvalue weighted by Gasteiger charge is -2.38. The van der Waals surface area contributed by atoms with Gasteiger partial charge in [-0.1, -0.05) is 4.40 Å². The van der Waals surface area contributed by atoms with E-state index in [1.807, 2.05) is 0 Å². The van der Waals surface area contributed by atoms with E-state index in [4.69, 9.17) is 0 Å². The summed E-state index contributed by atoms with van der Waals surface area (Å²) in [5.41, 5.74) is 1.11. The number of halogens is 2. The Morgan fingerprint density at radius 1 is 1.27 bits per heavy atom. The van der Waals surface area contributed by atoms with Gasteiger partial charge in [-0.15, -0.1) is 0 Å². The first-order valence-electron chi connectivity index (χ1n) is 8.51. The van der Waals surface area contributed by atoms with Gasteiger partial charge in [0.15, 0.2) is 11.6 Å². The maximum absolute atomic E-state index is 13.9. The second-order valence-corrected chi connectivity index (χ2v) is 9.86. The van der Waals surface area contributed by atoms with Crippen LogP contribution >= 0.6 is 0 Å². The van der Waals surface area contributed by atoms with Crippen molar-refractivity contribution in [1.82, 2.24) is 4.90 Å². The van der Waals surface area contributed by atoms with E-state index >= 15 is 0 Å². The Labute approximate surface area is 154 Å².